The molecule has 0 saturated carbocycles. The Kier molecular flexibility index (Phi) is 7.01. The molecule has 1 N–H and O–H groups in total. The molecule has 0 unspecified atom stereocenters. The van der Waals surface area contributed by atoms with Crippen molar-refractivity contribution in [2.45, 2.75) is 20.3 Å². The molecule has 5 nitrogen and oxygen atoms in total. The predicted octanol–water partition coefficient (Wildman–Crippen LogP) is 1.86. The highest BCUT2D eigenvalue weighted by molar-refractivity contribution is 5.83. The van der Waals surface area contributed by atoms with Crippen LogP contribution < -0.4 is 10.1 Å². The first kappa shape index (κ1) is 16.8. The molecular weight excluding hydrogens is 270 g/mol. The summed E-state index contributed by atoms with van der Waals surface area (Å²) >= 11 is 0. The van der Waals surface area contributed by atoms with Crippen LogP contribution in [0.3, 0.4) is 0 Å². The van der Waals surface area contributed by atoms with Gasteiger partial charge < -0.3 is 14.8 Å². The number of nitrogens with one attached hydrogen (secondary N) is 1. The van der Waals surface area contributed by atoms with Gasteiger partial charge in [0.15, 0.2) is 0 Å². The van der Waals surface area contributed by atoms with Gasteiger partial charge in [0.2, 0.25) is 5.91 Å². The number of hydrogen-bond acceptors (Lipinski definition) is 4. The maximum Gasteiger partial charge on any atom is 0.325 e. The van der Waals surface area contributed by atoms with Crippen molar-refractivity contribution in [3.63, 3.8) is 0 Å². The van der Waals surface area contributed by atoms with Crippen LogP contribution in [0.1, 0.15) is 19.4 Å². The van der Waals surface area contributed by atoms with Crippen molar-refractivity contribution in [1.29, 1.82) is 0 Å². The molecule has 1 rings (SSSR count). The van der Waals surface area contributed by atoms with E-state index in [0.29, 0.717) is 6.61 Å². The fraction of sp³-hybridized carbons (Fsp3) is 0.375. The van der Waals surface area contributed by atoms with Crippen molar-refractivity contribution in [3.8, 4) is 5.75 Å². The van der Waals surface area contributed by atoms with E-state index in [2.05, 4.69) is 10.1 Å². The number of benzene rings is 1. The largest absolute Gasteiger partial charge is 0.490 e. The standard InChI is InChI=1S/C16H21NO4/c1-12(2)8-9-21-14-6-4-13(5-7-14)10-15(18)17-11-16(19)20-3/h4-8H,9-11H2,1-3H3,(H,17,18). The van der Waals surface area contributed by atoms with Gasteiger partial charge in [0, 0.05) is 0 Å². The van der Waals surface area contributed by atoms with E-state index in [1.165, 1.54) is 12.7 Å². The second kappa shape index (κ2) is 8.79. The normalized spacial score (nSPS) is 9.67. The van der Waals surface area contributed by atoms with Gasteiger partial charge in [-0.25, -0.2) is 0 Å². The minimum absolute atomic E-state index is 0.112. The summed E-state index contributed by atoms with van der Waals surface area (Å²) in [5.41, 5.74) is 2.06. The third-order valence-electron chi connectivity index (χ3n) is 2.69. The Morgan fingerprint density at radius 3 is 2.43 bits per heavy atom. The molecule has 0 aromatic heterocycles. The van der Waals surface area contributed by atoms with Crippen molar-refractivity contribution in [1.82, 2.24) is 5.32 Å². The highest BCUT2D eigenvalue weighted by Crippen LogP contribution is 2.12. The van der Waals surface area contributed by atoms with Crippen LogP contribution in [0, 0.1) is 0 Å². The van der Waals surface area contributed by atoms with E-state index >= 15 is 0 Å². The Balaban J connectivity index is 2.41. The van der Waals surface area contributed by atoms with Gasteiger partial charge in [-0.1, -0.05) is 17.7 Å². The van der Waals surface area contributed by atoms with Crippen LogP contribution in [0.2, 0.25) is 0 Å². The van der Waals surface area contributed by atoms with E-state index in [4.69, 9.17) is 4.74 Å². The molecule has 1 amide bonds. The highest BCUT2D eigenvalue weighted by Gasteiger charge is 2.06. The summed E-state index contributed by atoms with van der Waals surface area (Å²) in [6.45, 7) is 4.44. The molecule has 0 aliphatic heterocycles. The van der Waals surface area contributed by atoms with Crippen molar-refractivity contribution in [2.24, 2.45) is 0 Å². The molecule has 0 saturated heterocycles. The summed E-state index contributed by atoms with van der Waals surface area (Å²) in [6.07, 6.45) is 2.21. The smallest absolute Gasteiger partial charge is 0.325 e. The van der Waals surface area contributed by atoms with Crippen molar-refractivity contribution in [2.75, 3.05) is 20.3 Å². The minimum Gasteiger partial charge on any atom is -0.490 e. The number of esters is 1. The van der Waals surface area contributed by atoms with Crippen LogP contribution in [-0.2, 0) is 20.7 Å². The number of amides is 1. The first-order valence-electron chi connectivity index (χ1n) is 6.70. The van der Waals surface area contributed by atoms with E-state index in [0.717, 1.165) is 11.3 Å². The number of methoxy groups -OCH3 is 1. The van der Waals surface area contributed by atoms with Gasteiger partial charge in [-0.05, 0) is 37.6 Å². The van der Waals surface area contributed by atoms with E-state index in [-0.39, 0.29) is 18.9 Å². The number of hydrogen-bond donors (Lipinski definition) is 1. The summed E-state index contributed by atoms with van der Waals surface area (Å²) in [7, 11) is 1.28. The van der Waals surface area contributed by atoms with Crippen LogP contribution in [0.5, 0.6) is 5.75 Å². The number of ether oxygens (including phenoxy) is 2. The van der Waals surface area contributed by atoms with Gasteiger partial charge in [0.1, 0.15) is 18.9 Å². The van der Waals surface area contributed by atoms with Gasteiger partial charge in [0.25, 0.3) is 0 Å². The first-order valence-corrected chi connectivity index (χ1v) is 6.70. The SMILES string of the molecule is COC(=O)CNC(=O)Cc1ccc(OCC=C(C)C)cc1. The molecule has 0 aliphatic rings. The number of rotatable bonds is 7. The van der Waals surface area contributed by atoms with Gasteiger partial charge in [-0.3, -0.25) is 9.59 Å². The molecule has 114 valence electrons. The molecule has 0 fully saturated rings. The molecule has 0 radical (unpaired) electrons. The monoisotopic (exact) mass is 291 g/mol. The summed E-state index contributed by atoms with van der Waals surface area (Å²) in [5.74, 6) is 0.0659. The molecule has 0 bridgehead atoms. The second-order valence-corrected chi connectivity index (χ2v) is 4.77. The van der Waals surface area contributed by atoms with Crippen LogP contribution in [0.4, 0.5) is 0 Å². The van der Waals surface area contributed by atoms with Crippen LogP contribution in [-0.4, -0.2) is 32.1 Å². The van der Waals surface area contributed by atoms with E-state index in [1.807, 2.05) is 44.2 Å². The fourth-order valence-electron chi connectivity index (χ4n) is 1.50. The summed E-state index contributed by atoms with van der Waals surface area (Å²) in [5, 5.41) is 2.49. The molecule has 21 heavy (non-hydrogen) atoms. The molecular formula is C16H21NO4. The summed E-state index contributed by atoms with van der Waals surface area (Å²) in [4.78, 5) is 22.5. The van der Waals surface area contributed by atoms with Gasteiger partial charge in [-0.15, -0.1) is 0 Å². The molecule has 1 aromatic carbocycles. The Labute approximate surface area is 124 Å². The molecule has 5 heteroatoms. The lowest BCUT2D eigenvalue weighted by Gasteiger charge is -2.06. The molecule has 1 aromatic rings. The molecule has 0 aliphatic carbocycles. The average molecular weight is 291 g/mol. The maximum absolute atomic E-state index is 11.6. The van der Waals surface area contributed by atoms with Crippen LogP contribution in [0.15, 0.2) is 35.9 Å². The highest BCUT2D eigenvalue weighted by atomic mass is 16.5. The summed E-state index contributed by atoms with van der Waals surface area (Å²) in [6, 6.07) is 7.30. The van der Waals surface area contributed by atoms with Gasteiger partial charge in [-0.2, -0.15) is 0 Å². The summed E-state index contributed by atoms with van der Waals surface area (Å²) < 4.78 is 9.98. The molecule has 0 heterocycles. The Morgan fingerprint density at radius 1 is 1.19 bits per heavy atom. The van der Waals surface area contributed by atoms with Crippen LogP contribution in [0.25, 0.3) is 0 Å². The predicted molar refractivity (Wildman–Crippen MR) is 80.1 cm³/mol. The van der Waals surface area contributed by atoms with Gasteiger partial charge in [0.05, 0.1) is 13.5 Å². The molecule has 0 spiro atoms. The van der Waals surface area contributed by atoms with Gasteiger partial charge >= 0.3 is 5.97 Å². The maximum atomic E-state index is 11.6. The third-order valence-corrected chi connectivity index (χ3v) is 2.69. The van der Waals surface area contributed by atoms with Crippen molar-refractivity contribution >= 4 is 11.9 Å². The third kappa shape index (κ3) is 7.15. The average Bonchev–Trinajstić information content (AvgIpc) is 2.46. The zero-order chi connectivity index (χ0) is 15.7. The zero-order valence-electron chi connectivity index (χ0n) is 12.6. The van der Waals surface area contributed by atoms with E-state index in [1.54, 1.807) is 0 Å². The Morgan fingerprint density at radius 2 is 1.86 bits per heavy atom. The van der Waals surface area contributed by atoms with Crippen molar-refractivity contribution in [3.05, 3.63) is 41.5 Å². The minimum atomic E-state index is -0.466. The van der Waals surface area contributed by atoms with Crippen molar-refractivity contribution < 1.29 is 19.1 Å². The first-order chi connectivity index (χ1) is 10.0. The lowest BCUT2D eigenvalue weighted by Crippen LogP contribution is -2.31. The number of carbonyl (C=O) groups excluding carboxylic acids is 2. The Bertz CT molecular complexity index is 502. The van der Waals surface area contributed by atoms with E-state index in [9.17, 15) is 9.59 Å². The lowest BCUT2D eigenvalue weighted by molar-refractivity contribution is -0.141. The Hall–Kier alpha value is -2.30. The van der Waals surface area contributed by atoms with E-state index < -0.39 is 5.97 Å². The number of allylic oxidation sites excluding steroid dienone is 1. The lowest BCUT2D eigenvalue weighted by atomic mass is 10.1. The zero-order valence-corrected chi connectivity index (χ0v) is 12.6. The second-order valence-electron chi connectivity index (χ2n) is 4.77. The quantitative estimate of drug-likeness (QED) is 0.615. The topological polar surface area (TPSA) is 64.6 Å². The number of carbonyl (C=O) groups is 2. The fourth-order valence-corrected chi connectivity index (χ4v) is 1.50. The molecule has 0 atom stereocenters. The van der Waals surface area contributed by atoms with Crippen LogP contribution >= 0.6 is 0 Å².